The van der Waals surface area contributed by atoms with E-state index in [1.54, 1.807) is 6.07 Å². The lowest BCUT2D eigenvalue weighted by molar-refractivity contribution is 0.0967. The van der Waals surface area contributed by atoms with Crippen molar-refractivity contribution in [3.8, 4) is 5.75 Å². The first kappa shape index (κ1) is 14.7. The molecule has 0 atom stereocenters. The molecule has 0 saturated carbocycles. The van der Waals surface area contributed by atoms with Gasteiger partial charge in [-0.2, -0.15) is 0 Å². The Kier molecular flexibility index (Phi) is 4.20. The second kappa shape index (κ2) is 5.13. The maximum Gasteiger partial charge on any atom is 0.163 e. The van der Waals surface area contributed by atoms with Gasteiger partial charge in [0.05, 0.1) is 0 Å². The van der Waals surface area contributed by atoms with Crippen LogP contribution < -0.4 is 0 Å². The zero-order valence-corrected chi connectivity index (χ0v) is 12.3. The molecule has 0 fully saturated rings. The molecular formula is C16H24O2. The number of phenols is 1. The summed E-state index contributed by atoms with van der Waals surface area (Å²) in [7, 11) is 0. The standard InChI is InChI=1S/C16H24O2/c1-10(2)7-14(17)12-9-13(16(4,5)6)15(18)8-11(12)3/h8-10,18H,7H2,1-6H3. The third-order valence-corrected chi connectivity index (χ3v) is 3.04. The predicted molar refractivity (Wildman–Crippen MR) is 75.3 cm³/mol. The Morgan fingerprint density at radius 1 is 1.28 bits per heavy atom. The third kappa shape index (κ3) is 3.34. The second-order valence-electron chi connectivity index (χ2n) is 6.46. The van der Waals surface area contributed by atoms with Gasteiger partial charge in [0, 0.05) is 12.0 Å². The first-order chi connectivity index (χ1) is 8.12. The Bertz CT molecular complexity index is 451. The number of hydrogen-bond acceptors (Lipinski definition) is 2. The van der Waals surface area contributed by atoms with Gasteiger partial charge in [-0.1, -0.05) is 34.6 Å². The van der Waals surface area contributed by atoms with E-state index in [-0.39, 0.29) is 16.9 Å². The van der Waals surface area contributed by atoms with Gasteiger partial charge in [0.2, 0.25) is 0 Å². The van der Waals surface area contributed by atoms with E-state index in [1.165, 1.54) is 0 Å². The summed E-state index contributed by atoms with van der Waals surface area (Å²) < 4.78 is 0. The summed E-state index contributed by atoms with van der Waals surface area (Å²) in [6, 6.07) is 3.56. The molecule has 2 nitrogen and oxygen atoms in total. The topological polar surface area (TPSA) is 37.3 Å². The number of aromatic hydroxyl groups is 1. The van der Waals surface area contributed by atoms with Crippen LogP contribution in [0.5, 0.6) is 5.75 Å². The van der Waals surface area contributed by atoms with Gasteiger partial charge >= 0.3 is 0 Å². The van der Waals surface area contributed by atoms with Crippen LogP contribution in [-0.4, -0.2) is 10.9 Å². The molecule has 18 heavy (non-hydrogen) atoms. The van der Waals surface area contributed by atoms with Crippen LogP contribution in [0, 0.1) is 12.8 Å². The Morgan fingerprint density at radius 2 is 1.83 bits per heavy atom. The first-order valence-corrected chi connectivity index (χ1v) is 6.50. The molecule has 0 bridgehead atoms. The fourth-order valence-electron chi connectivity index (χ4n) is 2.07. The second-order valence-corrected chi connectivity index (χ2v) is 6.46. The minimum Gasteiger partial charge on any atom is -0.508 e. The number of ketones is 1. The van der Waals surface area contributed by atoms with E-state index in [0.717, 1.165) is 16.7 Å². The van der Waals surface area contributed by atoms with Crippen LogP contribution in [0.2, 0.25) is 0 Å². The van der Waals surface area contributed by atoms with Gasteiger partial charge in [0.25, 0.3) is 0 Å². The molecule has 100 valence electrons. The van der Waals surface area contributed by atoms with Gasteiger partial charge in [-0.15, -0.1) is 0 Å². The van der Waals surface area contributed by atoms with Gasteiger partial charge in [0.1, 0.15) is 5.75 Å². The molecule has 1 aromatic carbocycles. The fourth-order valence-corrected chi connectivity index (χ4v) is 2.07. The monoisotopic (exact) mass is 248 g/mol. The van der Waals surface area contributed by atoms with E-state index >= 15 is 0 Å². The van der Waals surface area contributed by atoms with Gasteiger partial charge in [-0.25, -0.2) is 0 Å². The number of carbonyl (C=O) groups is 1. The van der Waals surface area contributed by atoms with E-state index in [1.807, 2.05) is 47.6 Å². The highest BCUT2D eigenvalue weighted by Gasteiger charge is 2.21. The maximum atomic E-state index is 12.2. The molecule has 1 aromatic rings. The zero-order chi connectivity index (χ0) is 14.1. The normalized spacial score (nSPS) is 11.9. The lowest BCUT2D eigenvalue weighted by atomic mass is 9.83. The highest BCUT2D eigenvalue weighted by atomic mass is 16.3. The summed E-state index contributed by atoms with van der Waals surface area (Å²) in [4.78, 5) is 12.2. The van der Waals surface area contributed by atoms with Crippen LogP contribution in [0.4, 0.5) is 0 Å². The van der Waals surface area contributed by atoms with E-state index in [9.17, 15) is 9.90 Å². The summed E-state index contributed by atoms with van der Waals surface area (Å²) in [6.07, 6.45) is 0.551. The van der Waals surface area contributed by atoms with Gasteiger partial charge in [0.15, 0.2) is 5.78 Å². The molecule has 1 rings (SSSR count). The number of hydrogen-bond donors (Lipinski definition) is 1. The van der Waals surface area contributed by atoms with E-state index in [2.05, 4.69) is 0 Å². The molecule has 0 saturated heterocycles. The van der Waals surface area contributed by atoms with Crippen molar-refractivity contribution in [2.45, 2.75) is 53.4 Å². The van der Waals surface area contributed by atoms with Crippen LogP contribution in [0.3, 0.4) is 0 Å². The Hall–Kier alpha value is -1.31. The van der Waals surface area contributed by atoms with Crippen molar-refractivity contribution in [3.63, 3.8) is 0 Å². The molecular weight excluding hydrogens is 224 g/mol. The largest absolute Gasteiger partial charge is 0.508 e. The highest BCUT2D eigenvalue weighted by Crippen LogP contribution is 2.33. The van der Waals surface area contributed by atoms with Crippen molar-refractivity contribution < 1.29 is 9.90 Å². The molecule has 0 aromatic heterocycles. The Balaban J connectivity index is 3.25. The van der Waals surface area contributed by atoms with E-state index in [0.29, 0.717) is 12.3 Å². The summed E-state index contributed by atoms with van der Waals surface area (Å²) in [6.45, 7) is 12.1. The minimum absolute atomic E-state index is 0.160. The summed E-state index contributed by atoms with van der Waals surface area (Å²) in [5, 5.41) is 10.0. The van der Waals surface area contributed by atoms with Crippen LogP contribution in [-0.2, 0) is 5.41 Å². The van der Waals surface area contributed by atoms with Crippen LogP contribution >= 0.6 is 0 Å². The number of Topliss-reactive ketones (excluding diaryl/α,β-unsaturated/α-hetero) is 1. The van der Waals surface area contributed by atoms with Crippen LogP contribution in [0.15, 0.2) is 12.1 Å². The molecule has 0 aliphatic heterocycles. The molecule has 0 aliphatic carbocycles. The smallest absolute Gasteiger partial charge is 0.163 e. The van der Waals surface area contributed by atoms with Crippen LogP contribution in [0.1, 0.15) is 62.5 Å². The molecule has 0 amide bonds. The van der Waals surface area contributed by atoms with E-state index < -0.39 is 0 Å². The van der Waals surface area contributed by atoms with Gasteiger partial charge in [-0.05, 0) is 41.5 Å². The summed E-state index contributed by atoms with van der Waals surface area (Å²) in [5.41, 5.74) is 2.27. The Labute approximate surface area is 110 Å². The molecule has 0 radical (unpaired) electrons. The first-order valence-electron chi connectivity index (χ1n) is 6.50. The minimum atomic E-state index is -0.162. The number of aryl methyl sites for hydroxylation is 1. The van der Waals surface area contributed by atoms with Crippen molar-refractivity contribution in [1.82, 2.24) is 0 Å². The molecule has 0 heterocycles. The lowest BCUT2D eigenvalue weighted by Gasteiger charge is -2.22. The molecule has 0 aliphatic rings. The number of phenolic OH excluding ortho intramolecular Hbond substituents is 1. The third-order valence-electron chi connectivity index (χ3n) is 3.04. The van der Waals surface area contributed by atoms with Crippen molar-refractivity contribution >= 4 is 5.78 Å². The van der Waals surface area contributed by atoms with E-state index in [4.69, 9.17) is 0 Å². The molecule has 1 N–H and O–H groups in total. The maximum absolute atomic E-state index is 12.2. The van der Waals surface area contributed by atoms with Crippen molar-refractivity contribution in [2.24, 2.45) is 5.92 Å². The highest BCUT2D eigenvalue weighted by molar-refractivity contribution is 5.98. The van der Waals surface area contributed by atoms with Crippen LogP contribution in [0.25, 0.3) is 0 Å². The quantitative estimate of drug-likeness (QED) is 0.813. The zero-order valence-electron chi connectivity index (χ0n) is 12.3. The lowest BCUT2D eigenvalue weighted by Crippen LogP contribution is -2.14. The van der Waals surface area contributed by atoms with Crippen molar-refractivity contribution in [2.75, 3.05) is 0 Å². The molecule has 0 unspecified atom stereocenters. The van der Waals surface area contributed by atoms with Gasteiger partial charge in [-0.3, -0.25) is 4.79 Å². The Morgan fingerprint density at radius 3 is 2.28 bits per heavy atom. The summed E-state index contributed by atoms with van der Waals surface area (Å²) >= 11 is 0. The van der Waals surface area contributed by atoms with Crippen molar-refractivity contribution in [3.05, 3.63) is 28.8 Å². The number of rotatable bonds is 3. The average molecular weight is 248 g/mol. The summed E-state index contributed by atoms with van der Waals surface area (Å²) in [5.74, 6) is 0.790. The SMILES string of the molecule is Cc1cc(O)c(C(C)(C)C)cc1C(=O)CC(C)C. The number of carbonyl (C=O) groups excluding carboxylic acids is 1. The van der Waals surface area contributed by atoms with Gasteiger partial charge < -0.3 is 5.11 Å². The average Bonchev–Trinajstić information content (AvgIpc) is 2.13. The molecule has 2 heteroatoms. The fraction of sp³-hybridized carbons (Fsp3) is 0.562. The van der Waals surface area contributed by atoms with Crippen molar-refractivity contribution in [1.29, 1.82) is 0 Å². The molecule has 0 spiro atoms. The number of benzene rings is 1. The predicted octanol–water partition coefficient (Wildman–Crippen LogP) is 4.23.